The molecule has 0 saturated heterocycles. The molecule has 0 unspecified atom stereocenters. The highest BCUT2D eigenvalue weighted by molar-refractivity contribution is 6.29. The van der Waals surface area contributed by atoms with Crippen molar-refractivity contribution < 1.29 is 9.53 Å². The highest BCUT2D eigenvalue weighted by Crippen LogP contribution is 2.13. The predicted octanol–water partition coefficient (Wildman–Crippen LogP) is 2.44. The van der Waals surface area contributed by atoms with Crippen molar-refractivity contribution >= 4 is 23.2 Å². The minimum Gasteiger partial charge on any atom is -0.383 e. The van der Waals surface area contributed by atoms with Gasteiger partial charge in [-0.2, -0.15) is 0 Å². The Labute approximate surface area is 116 Å². The predicted molar refractivity (Wildman–Crippen MR) is 73.5 cm³/mol. The average molecular weight is 280 g/mol. The Bertz CT molecular complexity index is 569. The molecule has 1 N–H and O–H groups in total. The number of aromatic nitrogens is 2. The third kappa shape index (κ3) is 3.56. The average Bonchev–Trinajstić information content (AvgIpc) is 2.84. The first kappa shape index (κ1) is 13.6. The molecule has 0 saturated carbocycles. The second-order valence-corrected chi connectivity index (χ2v) is 4.29. The van der Waals surface area contributed by atoms with Crippen LogP contribution in [0.2, 0.25) is 5.15 Å². The summed E-state index contributed by atoms with van der Waals surface area (Å²) in [4.78, 5) is 16.0. The van der Waals surface area contributed by atoms with Crippen LogP contribution >= 0.6 is 11.6 Å². The Kier molecular flexibility index (Phi) is 4.54. The molecule has 0 aromatic carbocycles. The fourth-order valence-electron chi connectivity index (χ4n) is 1.68. The summed E-state index contributed by atoms with van der Waals surface area (Å²) in [5.74, 6) is -0.191. The lowest BCUT2D eigenvalue weighted by atomic mass is 10.3. The Hall–Kier alpha value is -1.85. The molecule has 5 nitrogen and oxygen atoms in total. The van der Waals surface area contributed by atoms with Gasteiger partial charge in [-0.05, 0) is 24.3 Å². The van der Waals surface area contributed by atoms with E-state index in [0.29, 0.717) is 29.7 Å². The van der Waals surface area contributed by atoms with Gasteiger partial charge in [-0.3, -0.25) is 4.79 Å². The molecule has 0 fully saturated rings. The van der Waals surface area contributed by atoms with Crippen LogP contribution in [0, 0.1) is 0 Å². The smallest absolute Gasteiger partial charge is 0.272 e. The van der Waals surface area contributed by atoms with Gasteiger partial charge in [0.05, 0.1) is 6.61 Å². The molecular weight excluding hydrogens is 266 g/mol. The van der Waals surface area contributed by atoms with E-state index in [-0.39, 0.29) is 5.91 Å². The zero-order valence-corrected chi connectivity index (χ0v) is 11.2. The summed E-state index contributed by atoms with van der Waals surface area (Å²) in [6.45, 7) is 1.18. The van der Waals surface area contributed by atoms with E-state index >= 15 is 0 Å². The van der Waals surface area contributed by atoms with Gasteiger partial charge in [0.1, 0.15) is 10.8 Å². The Morgan fingerprint density at radius 1 is 1.53 bits per heavy atom. The number of pyridine rings is 1. The molecule has 2 aromatic rings. The van der Waals surface area contributed by atoms with Gasteiger partial charge in [0.15, 0.2) is 0 Å². The molecule has 2 heterocycles. The number of hydrogen-bond acceptors (Lipinski definition) is 3. The molecule has 1 amide bonds. The molecule has 2 rings (SSSR count). The van der Waals surface area contributed by atoms with Crippen LogP contribution in [-0.2, 0) is 11.3 Å². The van der Waals surface area contributed by atoms with Gasteiger partial charge in [0.25, 0.3) is 5.91 Å². The maximum absolute atomic E-state index is 12.1. The summed E-state index contributed by atoms with van der Waals surface area (Å²) >= 11 is 5.77. The molecule has 100 valence electrons. The number of carbonyl (C=O) groups is 1. The van der Waals surface area contributed by atoms with Gasteiger partial charge in [-0.25, -0.2) is 4.98 Å². The molecule has 2 aromatic heterocycles. The number of methoxy groups -OCH3 is 1. The van der Waals surface area contributed by atoms with Gasteiger partial charge in [0, 0.05) is 31.7 Å². The maximum atomic E-state index is 12.1. The van der Waals surface area contributed by atoms with E-state index in [1.54, 1.807) is 31.5 Å². The van der Waals surface area contributed by atoms with Crippen LogP contribution in [0.3, 0.4) is 0 Å². The SMILES string of the molecule is COCCn1cccc1C(=O)Nc1ccnc(Cl)c1. The zero-order chi connectivity index (χ0) is 13.7. The quantitative estimate of drug-likeness (QED) is 0.855. The lowest BCUT2D eigenvalue weighted by Gasteiger charge is -2.09. The van der Waals surface area contributed by atoms with E-state index in [9.17, 15) is 4.79 Å². The van der Waals surface area contributed by atoms with Crippen LogP contribution in [0.25, 0.3) is 0 Å². The normalized spacial score (nSPS) is 10.4. The summed E-state index contributed by atoms with van der Waals surface area (Å²) < 4.78 is 6.84. The highest BCUT2D eigenvalue weighted by Gasteiger charge is 2.11. The van der Waals surface area contributed by atoms with Gasteiger partial charge in [0.2, 0.25) is 0 Å². The minimum atomic E-state index is -0.191. The van der Waals surface area contributed by atoms with E-state index in [2.05, 4.69) is 10.3 Å². The Morgan fingerprint density at radius 2 is 2.37 bits per heavy atom. The molecule has 0 atom stereocenters. The van der Waals surface area contributed by atoms with Gasteiger partial charge < -0.3 is 14.6 Å². The first-order valence-corrected chi connectivity index (χ1v) is 6.15. The van der Waals surface area contributed by atoms with E-state index in [0.717, 1.165) is 0 Å². The first-order valence-electron chi connectivity index (χ1n) is 5.77. The third-order valence-electron chi connectivity index (χ3n) is 2.58. The van der Waals surface area contributed by atoms with Crippen molar-refractivity contribution in [1.82, 2.24) is 9.55 Å². The van der Waals surface area contributed by atoms with Crippen molar-refractivity contribution in [2.24, 2.45) is 0 Å². The highest BCUT2D eigenvalue weighted by atomic mass is 35.5. The van der Waals surface area contributed by atoms with E-state index < -0.39 is 0 Å². The monoisotopic (exact) mass is 279 g/mol. The number of carbonyl (C=O) groups excluding carboxylic acids is 1. The number of ether oxygens (including phenoxy) is 1. The molecule has 0 aliphatic heterocycles. The van der Waals surface area contributed by atoms with Crippen LogP contribution in [0.15, 0.2) is 36.7 Å². The minimum absolute atomic E-state index is 0.191. The van der Waals surface area contributed by atoms with Crippen LogP contribution in [-0.4, -0.2) is 29.2 Å². The third-order valence-corrected chi connectivity index (χ3v) is 2.79. The van der Waals surface area contributed by atoms with E-state index in [4.69, 9.17) is 16.3 Å². The number of rotatable bonds is 5. The summed E-state index contributed by atoms with van der Waals surface area (Å²) in [6.07, 6.45) is 3.38. The topological polar surface area (TPSA) is 56.1 Å². The summed E-state index contributed by atoms with van der Waals surface area (Å²) in [6, 6.07) is 6.87. The van der Waals surface area contributed by atoms with Gasteiger partial charge in [-0.1, -0.05) is 11.6 Å². The molecule has 0 radical (unpaired) electrons. The number of halogens is 1. The van der Waals surface area contributed by atoms with Crippen LogP contribution in [0.4, 0.5) is 5.69 Å². The molecule has 0 spiro atoms. The van der Waals surface area contributed by atoms with Crippen LogP contribution in [0.1, 0.15) is 10.5 Å². The maximum Gasteiger partial charge on any atom is 0.272 e. The molecular formula is C13H14ClN3O2. The standard InChI is InChI=1S/C13H14ClN3O2/c1-19-8-7-17-6-2-3-11(17)13(18)16-10-4-5-15-12(14)9-10/h2-6,9H,7-8H2,1H3,(H,15,16,18). The van der Waals surface area contributed by atoms with Crippen molar-refractivity contribution in [1.29, 1.82) is 0 Å². The lowest BCUT2D eigenvalue weighted by molar-refractivity contribution is 0.101. The van der Waals surface area contributed by atoms with Crippen LogP contribution in [0.5, 0.6) is 0 Å². The number of amides is 1. The molecule has 0 bridgehead atoms. The van der Waals surface area contributed by atoms with Crippen molar-refractivity contribution in [2.45, 2.75) is 6.54 Å². The van der Waals surface area contributed by atoms with Crippen LogP contribution < -0.4 is 5.32 Å². The van der Waals surface area contributed by atoms with Crippen molar-refractivity contribution in [3.63, 3.8) is 0 Å². The fraction of sp³-hybridized carbons (Fsp3) is 0.231. The summed E-state index contributed by atoms with van der Waals surface area (Å²) in [5.41, 5.74) is 1.19. The Balaban J connectivity index is 2.09. The zero-order valence-electron chi connectivity index (χ0n) is 10.5. The van der Waals surface area contributed by atoms with Crippen molar-refractivity contribution in [3.8, 4) is 0 Å². The molecule has 6 heteroatoms. The van der Waals surface area contributed by atoms with Crippen molar-refractivity contribution in [3.05, 3.63) is 47.5 Å². The van der Waals surface area contributed by atoms with E-state index in [1.807, 2.05) is 16.8 Å². The second-order valence-electron chi connectivity index (χ2n) is 3.90. The number of nitrogens with zero attached hydrogens (tertiary/aromatic N) is 2. The summed E-state index contributed by atoms with van der Waals surface area (Å²) in [5, 5.41) is 3.12. The molecule has 0 aliphatic rings. The number of nitrogens with one attached hydrogen (secondary N) is 1. The summed E-state index contributed by atoms with van der Waals surface area (Å²) in [7, 11) is 1.63. The lowest BCUT2D eigenvalue weighted by Crippen LogP contribution is -2.18. The number of anilines is 1. The first-order chi connectivity index (χ1) is 9.20. The Morgan fingerprint density at radius 3 is 3.11 bits per heavy atom. The number of hydrogen-bond donors (Lipinski definition) is 1. The fourth-order valence-corrected chi connectivity index (χ4v) is 1.85. The van der Waals surface area contributed by atoms with Gasteiger partial charge in [-0.15, -0.1) is 0 Å². The largest absolute Gasteiger partial charge is 0.383 e. The van der Waals surface area contributed by atoms with Gasteiger partial charge >= 0.3 is 0 Å². The molecule has 19 heavy (non-hydrogen) atoms. The van der Waals surface area contributed by atoms with Crippen molar-refractivity contribution in [2.75, 3.05) is 19.0 Å². The van der Waals surface area contributed by atoms with E-state index in [1.165, 1.54) is 0 Å². The second kappa shape index (κ2) is 6.36. The molecule has 0 aliphatic carbocycles.